The molecule has 5 nitrogen and oxygen atoms in total. The number of carbonyl (C=O) groups is 2. The second kappa shape index (κ2) is 8.04. The van der Waals surface area contributed by atoms with Gasteiger partial charge in [0.15, 0.2) is 0 Å². The van der Waals surface area contributed by atoms with E-state index < -0.39 is 6.04 Å². The number of amides is 2. The van der Waals surface area contributed by atoms with Gasteiger partial charge in [0.1, 0.15) is 11.8 Å². The van der Waals surface area contributed by atoms with E-state index >= 15 is 0 Å². The Morgan fingerprint density at radius 1 is 1.15 bits per heavy atom. The molecule has 0 bridgehead atoms. The number of anilines is 1. The van der Waals surface area contributed by atoms with Crippen LogP contribution in [-0.2, 0) is 22.4 Å². The summed E-state index contributed by atoms with van der Waals surface area (Å²) in [6.45, 7) is 2.32. The Hall–Kier alpha value is -2.82. The van der Waals surface area contributed by atoms with Crippen molar-refractivity contribution in [3.8, 4) is 5.75 Å². The average molecular weight is 352 g/mol. The van der Waals surface area contributed by atoms with E-state index in [0.717, 1.165) is 22.6 Å². The summed E-state index contributed by atoms with van der Waals surface area (Å²) in [4.78, 5) is 26.8. The molecule has 1 aliphatic heterocycles. The standard InChI is InChI=1S/C21H24N2O3/c1-3-20(24)23-17-10-6-4-9-16(17)14-18(23)21(25)22-13-12-15-8-5-7-11-19(15)26-2/h4-11,18H,3,12-14H2,1-2H3,(H,22,25)/t18-/m0/s1. The molecule has 26 heavy (non-hydrogen) atoms. The lowest BCUT2D eigenvalue weighted by molar-refractivity contribution is -0.126. The van der Waals surface area contributed by atoms with Crippen molar-refractivity contribution in [1.29, 1.82) is 0 Å². The van der Waals surface area contributed by atoms with E-state index in [1.54, 1.807) is 12.0 Å². The van der Waals surface area contributed by atoms with E-state index in [-0.39, 0.29) is 11.8 Å². The monoisotopic (exact) mass is 352 g/mol. The van der Waals surface area contributed by atoms with Crippen molar-refractivity contribution in [1.82, 2.24) is 5.32 Å². The number of hydrogen-bond acceptors (Lipinski definition) is 3. The molecule has 2 aromatic rings. The number of nitrogens with zero attached hydrogens (tertiary/aromatic N) is 1. The second-order valence-electron chi connectivity index (χ2n) is 6.32. The van der Waals surface area contributed by atoms with Gasteiger partial charge < -0.3 is 10.1 Å². The summed E-state index contributed by atoms with van der Waals surface area (Å²) >= 11 is 0. The SMILES string of the molecule is CCC(=O)N1c2ccccc2C[C@H]1C(=O)NCCc1ccccc1OC. The molecule has 1 aliphatic rings. The molecule has 0 unspecified atom stereocenters. The van der Waals surface area contributed by atoms with Crippen LogP contribution >= 0.6 is 0 Å². The van der Waals surface area contributed by atoms with E-state index in [4.69, 9.17) is 4.74 Å². The Balaban J connectivity index is 1.66. The van der Waals surface area contributed by atoms with Gasteiger partial charge in [-0.25, -0.2) is 0 Å². The van der Waals surface area contributed by atoms with Gasteiger partial charge in [0.2, 0.25) is 11.8 Å². The smallest absolute Gasteiger partial charge is 0.243 e. The summed E-state index contributed by atoms with van der Waals surface area (Å²) in [5.41, 5.74) is 2.94. The maximum atomic E-state index is 12.8. The number of benzene rings is 2. The predicted octanol–water partition coefficient (Wildman–Crippen LogP) is 2.72. The lowest BCUT2D eigenvalue weighted by Crippen LogP contribution is -2.48. The largest absolute Gasteiger partial charge is 0.496 e. The highest BCUT2D eigenvalue weighted by Gasteiger charge is 2.37. The Labute approximate surface area is 154 Å². The molecule has 2 amide bonds. The molecule has 0 saturated carbocycles. The van der Waals surface area contributed by atoms with Crippen molar-refractivity contribution in [2.24, 2.45) is 0 Å². The van der Waals surface area contributed by atoms with Gasteiger partial charge in [0.25, 0.3) is 0 Å². The third-order valence-corrected chi connectivity index (χ3v) is 4.74. The number of rotatable bonds is 6. The molecule has 2 aromatic carbocycles. The molecule has 1 heterocycles. The lowest BCUT2D eigenvalue weighted by atomic mass is 10.1. The molecule has 136 valence electrons. The number of carbonyl (C=O) groups excluding carboxylic acids is 2. The van der Waals surface area contributed by atoms with Crippen LogP contribution in [-0.4, -0.2) is 31.5 Å². The first-order chi connectivity index (χ1) is 12.7. The Bertz CT molecular complexity index is 803. The van der Waals surface area contributed by atoms with Crippen molar-refractivity contribution < 1.29 is 14.3 Å². The van der Waals surface area contributed by atoms with Crippen molar-refractivity contribution in [3.63, 3.8) is 0 Å². The highest BCUT2D eigenvalue weighted by atomic mass is 16.5. The number of ether oxygens (including phenoxy) is 1. The first-order valence-electron chi connectivity index (χ1n) is 8.95. The van der Waals surface area contributed by atoms with E-state index in [9.17, 15) is 9.59 Å². The zero-order valence-corrected chi connectivity index (χ0v) is 15.2. The van der Waals surface area contributed by atoms with Crippen LogP contribution in [0.2, 0.25) is 0 Å². The molecule has 0 spiro atoms. The molecule has 0 fully saturated rings. The highest BCUT2D eigenvalue weighted by Crippen LogP contribution is 2.32. The van der Waals surface area contributed by atoms with E-state index in [2.05, 4.69) is 5.32 Å². The summed E-state index contributed by atoms with van der Waals surface area (Å²) in [6, 6.07) is 15.0. The third kappa shape index (κ3) is 3.57. The Kier molecular flexibility index (Phi) is 5.56. The Morgan fingerprint density at radius 3 is 2.65 bits per heavy atom. The van der Waals surface area contributed by atoms with E-state index in [1.165, 1.54) is 0 Å². The molecule has 0 saturated heterocycles. The summed E-state index contributed by atoms with van der Waals surface area (Å²) in [5.74, 6) is 0.676. The normalized spacial score (nSPS) is 15.5. The molecule has 3 rings (SSSR count). The molecule has 1 N–H and O–H groups in total. The fourth-order valence-electron chi connectivity index (χ4n) is 3.42. The van der Waals surface area contributed by atoms with Crippen LogP contribution in [0.5, 0.6) is 5.75 Å². The molecule has 1 atom stereocenters. The minimum absolute atomic E-state index is 0.0279. The molecular formula is C21H24N2O3. The van der Waals surface area contributed by atoms with Crippen molar-refractivity contribution in [2.45, 2.75) is 32.2 Å². The fraction of sp³-hybridized carbons (Fsp3) is 0.333. The summed E-state index contributed by atoms with van der Waals surface area (Å²) in [5, 5.41) is 2.98. The number of fused-ring (bicyclic) bond motifs is 1. The molecule has 5 heteroatoms. The predicted molar refractivity (Wildman–Crippen MR) is 101 cm³/mol. The lowest BCUT2D eigenvalue weighted by Gasteiger charge is -2.24. The number of nitrogens with one attached hydrogen (secondary N) is 1. The van der Waals surface area contributed by atoms with Crippen LogP contribution in [0.1, 0.15) is 24.5 Å². The number of methoxy groups -OCH3 is 1. The van der Waals surface area contributed by atoms with Crippen LogP contribution in [0.3, 0.4) is 0 Å². The molecule has 0 radical (unpaired) electrons. The quantitative estimate of drug-likeness (QED) is 0.870. The summed E-state index contributed by atoms with van der Waals surface area (Å²) < 4.78 is 5.34. The maximum absolute atomic E-state index is 12.8. The summed E-state index contributed by atoms with van der Waals surface area (Å²) in [7, 11) is 1.64. The topological polar surface area (TPSA) is 58.6 Å². The van der Waals surface area contributed by atoms with Gasteiger partial charge in [-0.1, -0.05) is 43.3 Å². The highest BCUT2D eigenvalue weighted by molar-refractivity contribution is 6.03. The van der Waals surface area contributed by atoms with Crippen LogP contribution < -0.4 is 15.0 Å². The van der Waals surface area contributed by atoms with Gasteiger partial charge in [-0.3, -0.25) is 14.5 Å². The van der Waals surface area contributed by atoms with Gasteiger partial charge in [-0.15, -0.1) is 0 Å². The second-order valence-corrected chi connectivity index (χ2v) is 6.32. The Morgan fingerprint density at radius 2 is 1.88 bits per heavy atom. The molecular weight excluding hydrogens is 328 g/mol. The maximum Gasteiger partial charge on any atom is 0.243 e. The van der Waals surface area contributed by atoms with Crippen molar-refractivity contribution in [2.75, 3.05) is 18.6 Å². The van der Waals surface area contributed by atoms with E-state index in [1.807, 2.05) is 55.5 Å². The van der Waals surface area contributed by atoms with Crippen molar-refractivity contribution >= 4 is 17.5 Å². The minimum Gasteiger partial charge on any atom is -0.496 e. The van der Waals surface area contributed by atoms with Crippen LogP contribution in [0, 0.1) is 0 Å². The van der Waals surface area contributed by atoms with Gasteiger partial charge in [-0.2, -0.15) is 0 Å². The van der Waals surface area contributed by atoms with Gasteiger partial charge in [-0.05, 0) is 29.7 Å². The third-order valence-electron chi connectivity index (χ3n) is 4.74. The fourth-order valence-corrected chi connectivity index (χ4v) is 3.42. The number of para-hydroxylation sites is 2. The number of hydrogen-bond donors (Lipinski definition) is 1. The first-order valence-corrected chi connectivity index (χ1v) is 8.95. The zero-order valence-electron chi connectivity index (χ0n) is 15.2. The first kappa shape index (κ1) is 18.0. The van der Waals surface area contributed by atoms with Gasteiger partial charge in [0.05, 0.1) is 7.11 Å². The van der Waals surface area contributed by atoms with Gasteiger partial charge in [0, 0.05) is 25.1 Å². The van der Waals surface area contributed by atoms with Crippen LogP contribution in [0.15, 0.2) is 48.5 Å². The van der Waals surface area contributed by atoms with E-state index in [0.29, 0.717) is 25.8 Å². The zero-order chi connectivity index (χ0) is 18.5. The molecule has 0 aliphatic carbocycles. The van der Waals surface area contributed by atoms with Crippen LogP contribution in [0.4, 0.5) is 5.69 Å². The average Bonchev–Trinajstić information content (AvgIpc) is 3.07. The minimum atomic E-state index is -0.475. The van der Waals surface area contributed by atoms with Crippen LogP contribution in [0.25, 0.3) is 0 Å². The molecule has 0 aromatic heterocycles. The van der Waals surface area contributed by atoms with Crippen molar-refractivity contribution in [3.05, 3.63) is 59.7 Å². The summed E-state index contributed by atoms with van der Waals surface area (Å²) in [6.07, 6.45) is 1.61. The van der Waals surface area contributed by atoms with Gasteiger partial charge >= 0.3 is 0 Å².